The zero-order valence-corrected chi connectivity index (χ0v) is 12.3. The average Bonchev–Trinajstić information content (AvgIpc) is 3.02. The number of aromatic nitrogens is 2. The van der Waals surface area contributed by atoms with E-state index >= 15 is 0 Å². The maximum Gasteiger partial charge on any atom is 0.265 e. The molecule has 0 bridgehead atoms. The van der Waals surface area contributed by atoms with Crippen LogP contribution in [0.5, 0.6) is 11.5 Å². The second kappa shape index (κ2) is 5.64. The number of amides is 1. The van der Waals surface area contributed by atoms with E-state index in [1.54, 1.807) is 6.07 Å². The van der Waals surface area contributed by atoms with Crippen molar-refractivity contribution in [2.24, 2.45) is 0 Å². The van der Waals surface area contributed by atoms with E-state index in [0.717, 1.165) is 11.0 Å². The van der Waals surface area contributed by atoms with E-state index in [4.69, 9.17) is 9.47 Å². The largest absolute Gasteiger partial charge is 0.485 e. The number of rotatable bonds is 3. The molecular weight excluding hydrogens is 294 g/mol. The zero-order valence-electron chi connectivity index (χ0n) is 12.3. The standard InChI is InChI=1S/C17H15N3O3/c21-17(15-10-22-13-7-3-4-8-14(13)23-15)18-9-16-19-11-5-1-2-6-12(11)20-16/h1-8,15H,9-10H2,(H,18,21)(H,19,20). The van der Waals surface area contributed by atoms with Crippen LogP contribution in [0.15, 0.2) is 48.5 Å². The van der Waals surface area contributed by atoms with Crippen LogP contribution in [0.25, 0.3) is 11.0 Å². The highest BCUT2D eigenvalue weighted by atomic mass is 16.6. The summed E-state index contributed by atoms with van der Waals surface area (Å²) in [4.78, 5) is 19.8. The van der Waals surface area contributed by atoms with Gasteiger partial charge < -0.3 is 19.8 Å². The summed E-state index contributed by atoms with van der Waals surface area (Å²) >= 11 is 0. The van der Waals surface area contributed by atoms with Crippen molar-refractivity contribution in [2.45, 2.75) is 12.6 Å². The monoisotopic (exact) mass is 309 g/mol. The Bertz CT molecular complexity index is 826. The van der Waals surface area contributed by atoms with E-state index in [1.807, 2.05) is 42.5 Å². The first kappa shape index (κ1) is 13.6. The molecule has 3 aromatic rings. The molecule has 0 aliphatic carbocycles. The maximum atomic E-state index is 12.2. The van der Waals surface area contributed by atoms with Gasteiger partial charge in [0.05, 0.1) is 17.6 Å². The van der Waals surface area contributed by atoms with E-state index in [2.05, 4.69) is 15.3 Å². The van der Waals surface area contributed by atoms with Gasteiger partial charge in [0.1, 0.15) is 12.4 Å². The first-order chi connectivity index (χ1) is 11.3. The van der Waals surface area contributed by atoms with Gasteiger partial charge in [0, 0.05) is 0 Å². The Morgan fingerprint density at radius 2 is 1.96 bits per heavy atom. The molecule has 1 aliphatic rings. The molecule has 2 aromatic carbocycles. The second-order valence-corrected chi connectivity index (χ2v) is 5.28. The molecule has 1 unspecified atom stereocenters. The number of para-hydroxylation sites is 4. The molecule has 1 amide bonds. The third kappa shape index (κ3) is 2.70. The van der Waals surface area contributed by atoms with Crippen molar-refractivity contribution < 1.29 is 14.3 Å². The maximum absolute atomic E-state index is 12.2. The first-order valence-corrected chi connectivity index (χ1v) is 7.39. The molecule has 1 atom stereocenters. The van der Waals surface area contributed by atoms with Crippen molar-refractivity contribution in [1.82, 2.24) is 15.3 Å². The van der Waals surface area contributed by atoms with E-state index < -0.39 is 6.10 Å². The first-order valence-electron chi connectivity index (χ1n) is 7.39. The van der Waals surface area contributed by atoms with Crippen LogP contribution in [0, 0.1) is 0 Å². The molecule has 23 heavy (non-hydrogen) atoms. The van der Waals surface area contributed by atoms with E-state index in [9.17, 15) is 4.79 Å². The summed E-state index contributed by atoms with van der Waals surface area (Å²) in [5.74, 6) is 1.73. The van der Waals surface area contributed by atoms with Gasteiger partial charge in [0.2, 0.25) is 6.10 Å². The van der Waals surface area contributed by atoms with Gasteiger partial charge in [0.15, 0.2) is 11.5 Å². The lowest BCUT2D eigenvalue weighted by molar-refractivity contribution is -0.130. The molecule has 116 valence electrons. The van der Waals surface area contributed by atoms with Crippen molar-refractivity contribution in [3.8, 4) is 11.5 Å². The van der Waals surface area contributed by atoms with E-state index in [-0.39, 0.29) is 12.5 Å². The molecule has 2 heterocycles. The predicted molar refractivity (Wildman–Crippen MR) is 84.3 cm³/mol. The van der Waals surface area contributed by atoms with Crippen LogP contribution in [0.3, 0.4) is 0 Å². The smallest absolute Gasteiger partial charge is 0.265 e. The van der Waals surface area contributed by atoms with Gasteiger partial charge >= 0.3 is 0 Å². The zero-order chi connectivity index (χ0) is 15.6. The fourth-order valence-electron chi connectivity index (χ4n) is 2.52. The normalized spacial score (nSPS) is 16.3. The molecule has 0 radical (unpaired) electrons. The highest BCUT2D eigenvalue weighted by Crippen LogP contribution is 2.30. The highest BCUT2D eigenvalue weighted by molar-refractivity contribution is 5.82. The van der Waals surface area contributed by atoms with Crippen molar-refractivity contribution in [1.29, 1.82) is 0 Å². The summed E-state index contributed by atoms with van der Waals surface area (Å²) in [6.45, 7) is 0.512. The molecule has 0 saturated heterocycles. The summed E-state index contributed by atoms with van der Waals surface area (Å²) in [5, 5.41) is 2.82. The topological polar surface area (TPSA) is 76.2 Å². The van der Waals surface area contributed by atoms with Crippen molar-refractivity contribution in [3.63, 3.8) is 0 Å². The van der Waals surface area contributed by atoms with Crippen molar-refractivity contribution in [2.75, 3.05) is 6.61 Å². The molecule has 2 N–H and O–H groups in total. The molecule has 0 spiro atoms. The van der Waals surface area contributed by atoms with Gasteiger partial charge in [-0.3, -0.25) is 4.79 Å². The summed E-state index contributed by atoms with van der Waals surface area (Å²) in [7, 11) is 0. The summed E-state index contributed by atoms with van der Waals surface area (Å²) in [5.41, 5.74) is 1.82. The summed E-state index contributed by atoms with van der Waals surface area (Å²) in [6, 6.07) is 15.0. The molecule has 0 fully saturated rings. The number of H-pyrrole nitrogens is 1. The molecule has 6 heteroatoms. The lowest BCUT2D eigenvalue weighted by Gasteiger charge is -2.25. The lowest BCUT2D eigenvalue weighted by Crippen LogP contribution is -2.43. The molecular formula is C17H15N3O3. The Morgan fingerprint density at radius 3 is 2.83 bits per heavy atom. The number of hydrogen-bond donors (Lipinski definition) is 2. The fraction of sp³-hybridized carbons (Fsp3) is 0.176. The number of fused-ring (bicyclic) bond motifs is 2. The molecule has 4 rings (SSSR count). The van der Waals surface area contributed by atoms with Crippen LogP contribution >= 0.6 is 0 Å². The van der Waals surface area contributed by atoms with Crippen LogP contribution in [0.2, 0.25) is 0 Å². The Hall–Kier alpha value is -3.02. The number of ether oxygens (including phenoxy) is 2. The SMILES string of the molecule is O=C(NCc1nc2ccccc2[nH]1)C1COc2ccccc2O1. The summed E-state index contributed by atoms with van der Waals surface area (Å²) < 4.78 is 11.2. The fourth-order valence-corrected chi connectivity index (χ4v) is 2.52. The second-order valence-electron chi connectivity index (χ2n) is 5.28. The van der Waals surface area contributed by atoms with E-state index in [1.165, 1.54) is 0 Å². The predicted octanol–water partition coefficient (Wildman–Crippen LogP) is 2.02. The van der Waals surface area contributed by atoms with Crippen LogP contribution in [-0.2, 0) is 11.3 Å². The van der Waals surface area contributed by atoms with Crippen LogP contribution < -0.4 is 14.8 Å². The number of hydrogen-bond acceptors (Lipinski definition) is 4. The summed E-state index contributed by atoms with van der Waals surface area (Å²) in [6.07, 6.45) is -0.658. The number of nitrogens with one attached hydrogen (secondary N) is 2. The van der Waals surface area contributed by atoms with Gasteiger partial charge in [0.25, 0.3) is 5.91 Å². The molecule has 1 aromatic heterocycles. The van der Waals surface area contributed by atoms with Crippen LogP contribution in [0.4, 0.5) is 0 Å². The van der Waals surface area contributed by atoms with Crippen LogP contribution in [0.1, 0.15) is 5.82 Å². The number of benzene rings is 2. The quantitative estimate of drug-likeness (QED) is 0.776. The molecule has 0 saturated carbocycles. The minimum atomic E-state index is -0.658. The number of carbonyl (C=O) groups excluding carboxylic acids is 1. The van der Waals surface area contributed by atoms with Gasteiger partial charge in [-0.25, -0.2) is 4.98 Å². The third-order valence-corrected chi connectivity index (χ3v) is 3.67. The van der Waals surface area contributed by atoms with Crippen LogP contribution in [-0.4, -0.2) is 28.6 Å². The minimum absolute atomic E-state index is 0.197. The Balaban J connectivity index is 1.40. The molecule has 6 nitrogen and oxygen atoms in total. The highest BCUT2D eigenvalue weighted by Gasteiger charge is 2.27. The van der Waals surface area contributed by atoms with Crippen molar-refractivity contribution >= 4 is 16.9 Å². The van der Waals surface area contributed by atoms with Gasteiger partial charge in [-0.05, 0) is 24.3 Å². The molecule has 1 aliphatic heterocycles. The Morgan fingerprint density at radius 1 is 1.17 bits per heavy atom. The number of nitrogens with zero attached hydrogens (tertiary/aromatic N) is 1. The average molecular weight is 309 g/mol. The number of imidazole rings is 1. The Kier molecular flexibility index (Phi) is 3.34. The van der Waals surface area contributed by atoms with Gasteiger partial charge in [-0.2, -0.15) is 0 Å². The van der Waals surface area contributed by atoms with Gasteiger partial charge in [-0.1, -0.05) is 24.3 Å². The lowest BCUT2D eigenvalue weighted by atomic mass is 10.2. The minimum Gasteiger partial charge on any atom is -0.485 e. The third-order valence-electron chi connectivity index (χ3n) is 3.67. The number of aromatic amines is 1. The van der Waals surface area contributed by atoms with Crippen molar-refractivity contribution in [3.05, 3.63) is 54.4 Å². The van der Waals surface area contributed by atoms with Gasteiger partial charge in [-0.15, -0.1) is 0 Å². The Labute approximate surface area is 132 Å². The number of carbonyl (C=O) groups is 1. The van der Waals surface area contributed by atoms with E-state index in [0.29, 0.717) is 23.9 Å².